The lowest BCUT2D eigenvalue weighted by Crippen LogP contribution is -2.35. The SMILES string of the molecule is CC(=O)N1CCc2nnc([C@H]3CCCCN3Cc3ccc(F)cc3)n2CC1. The number of halogens is 1. The number of piperidine rings is 1. The third-order valence-corrected chi connectivity index (χ3v) is 5.71. The predicted molar refractivity (Wildman–Crippen MR) is 99.4 cm³/mol. The van der Waals surface area contributed by atoms with Crippen LogP contribution < -0.4 is 0 Å². The van der Waals surface area contributed by atoms with Crippen LogP contribution >= 0.6 is 0 Å². The van der Waals surface area contributed by atoms with Gasteiger partial charge < -0.3 is 9.47 Å². The van der Waals surface area contributed by atoms with Gasteiger partial charge in [-0.05, 0) is 37.1 Å². The Balaban J connectivity index is 1.55. The molecule has 0 radical (unpaired) electrons. The Morgan fingerprint density at radius 3 is 2.70 bits per heavy atom. The van der Waals surface area contributed by atoms with Crippen molar-refractivity contribution < 1.29 is 9.18 Å². The smallest absolute Gasteiger partial charge is 0.219 e. The number of rotatable bonds is 3. The van der Waals surface area contributed by atoms with E-state index in [4.69, 9.17) is 0 Å². The number of benzene rings is 1. The fraction of sp³-hybridized carbons (Fsp3) is 0.550. The summed E-state index contributed by atoms with van der Waals surface area (Å²) in [4.78, 5) is 16.1. The van der Waals surface area contributed by atoms with Crippen molar-refractivity contribution >= 4 is 5.91 Å². The zero-order valence-electron chi connectivity index (χ0n) is 15.8. The maximum Gasteiger partial charge on any atom is 0.219 e. The number of carbonyl (C=O) groups excluding carboxylic acids is 1. The molecular weight excluding hydrogens is 345 g/mol. The Morgan fingerprint density at radius 2 is 1.93 bits per heavy atom. The molecule has 2 aliphatic rings. The zero-order chi connectivity index (χ0) is 18.8. The lowest BCUT2D eigenvalue weighted by atomic mass is 10.00. The molecule has 0 aliphatic carbocycles. The molecule has 2 aliphatic heterocycles. The van der Waals surface area contributed by atoms with Crippen LogP contribution in [0.1, 0.15) is 49.4 Å². The minimum absolute atomic E-state index is 0.117. The topological polar surface area (TPSA) is 54.3 Å². The van der Waals surface area contributed by atoms with E-state index in [1.165, 1.54) is 18.6 Å². The van der Waals surface area contributed by atoms with Gasteiger partial charge in [0.25, 0.3) is 0 Å². The summed E-state index contributed by atoms with van der Waals surface area (Å²) >= 11 is 0. The molecule has 144 valence electrons. The summed E-state index contributed by atoms with van der Waals surface area (Å²) in [7, 11) is 0. The van der Waals surface area contributed by atoms with E-state index in [1.807, 2.05) is 17.0 Å². The highest BCUT2D eigenvalue weighted by Crippen LogP contribution is 2.32. The van der Waals surface area contributed by atoms with Gasteiger partial charge in [0.2, 0.25) is 5.91 Å². The van der Waals surface area contributed by atoms with Gasteiger partial charge in [-0.25, -0.2) is 4.39 Å². The first-order valence-corrected chi connectivity index (χ1v) is 9.78. The molecule has 7 heteroatoms. The Morgan fingerprint density at radius 1 is 1.11 bits per heavy atom. The molecule has 1 aromatic heterocycles. The van der Waals surface area contributed by atoms with Crippen molar-refractivity contribution in [3.05, 3.63) is 47.3 Å². The number of amides is 1. The number of likely N-dealkylation sites (tertiary alicyclic amines) is 1. The average molecular weight is 371 g/mol. The summed E-state index contributed by atoms with van der Waals surface area (Å²) in [6, 6.07) is 6.97. The first-order chi connectivity index (χ1) is 13.1. The van der Waals surface area contributed by atoms with Gasteiger partial charge in [0.05, 0.1) is 6.04 Å². The molecule has 1 atom stereocenters. The van der Waals surface area contributed by atoms with E-state index >= 15 is 0 Å². The Hall–Kier alpha value is -2.28. The molecule has 3 heterocycles. The maximum absolute atomic E-state index is 13.2. The van der Waals surface area contributed by atoms with Crippen molar-refractivity contribution in [1.29, 1.82) is 0 Å². The van der Waals surface area contributed by atoms with Crippen LogP contribution in [0.2, 0.25) is 0 Å². The van der Waals surface area contributed by atoms with Crippen molar-refractivity contribution in [3.63, 3.8) is 0 Å². The largest absolute Gasteiger partial charge is 0.341 e. The molecule has 0 spiro atoms. The molecule has 1 saturated heterocycles. The highest BCUT2D eigenvalue weighted by atomic mass is 19.1. The minimum atomic E-state index is -0.202. The van der Waals surface area contributed by atoms with E-state index in [9.17, 15) is 9.18 Å². The van der Waals surface area contributed by atoms with Crippen molar-refractivity contribution in [2.75, 3.05) is 19.6 Å². The molecule has 0 unspecified atom stereocenters. The van der Waals surface area contributed by atoms with Gasteiger partial charge in [0.1, 0.15) is 17.5 Å². The third kappa shape index (κ3) is 3.88. The standard InChI is InChI=1S/C20H26FN5O/c1-15(27)24-11-9-19-22-23-20(26(19)13-12-24)18-4-2-3-10-25(18)14-16-5-7-17(21)8-6-16/h5-8,18H,2-4,9-14H2,1H3/t18-/m1/s1. The molecule has 0 bridgehead atoms. The van der Waals surface area contributed by atoms with Crippen LogP contribution in [0.25, 0.3) is 0 Å². The van der Waals surface area contributed by atoms with Crippen LogP contribution in [0.5, 0.6) is 0 Å². The third-order valence-electron chi connectivity index (χ3n) is 5.71. The Kier molecular flexibility index (Phi) is 5.20. The molecule has 1 aromatic carbocycles. The highest BCUT2D eigenvalue weighted by molar-refractivity contribution is 5.73. The van der Waals surface area contributed by atoms with E-state index in [1.54, 1.807) is 6.92 Å². The van der Waals surface area contributed by atoms with E-state index in [2.05, 4.69) is 19.7 Å². The van der Waals surface area contributed by atoms with E-state index in [0.29, 0.717) is 13.1 Å². The van der Waals surface area contributed by atoms with Crippen LogP contribution in [-0.2, 0) is 24.3 Å². The summed E-state index contributed by atoms with van der Waals surface area (Å²) in [5.41, 5.74) is 1.11. The van der Waals surface area contributed by atoms with Crippen LogP contribution in [0.3, 0.4) is 0 Å². The summed E-state index contributed by atoms with van der Waals surface area (Å²) in [6.07, 6.45) is 4.14. The second kappa shape index (κ2) is 7.76. The fourth-order valence-corrected chi connectivity index (χ4v) is 4.20. The number of hydrogen-bond donors (Lipinski definition) is 0. The summed E-state index contributed by atoms with van der Waals surface area (Å²) < 4.78 is 15.4. The highest BCUT2D eigenvalue weighted by Gasteiger charge is 2.30. The fourth-order valence-electron chi connectivity index (χ4n) is 4.20. The molecule has 0 N–H and O–H groups in total. The molecule has 4 rings (SSSR count). The van der Waals surface area contributed by atoms with E-state index < -0.39 is 0 Å². The van der Waals surface area contributed by atoms with Crippen molar-refractivity contribution in [1.82, 2.24) is 24.6 Å². The van der Waals surface area contributed by atoms with Crippen molar-refractivity contribution in [2.24, 2.45) is 0 Å². The normalized spacial score (nSPS) is 21.0. The number of aromatic nitrogens is 3. The second-order valence-corrected chi connectivity index (χ2v) is 7.49. The molecule has 27 heavy (non-hydrogen) atoms. The van der Waals surface area contributed by atoms with E-state index in [-0.39, 0.29) is 17.8 Å². The van der Waals surface area contributed by atoms with Crippen LogP contribution in [-0.4, -0.2) is 50.1 Å². The van der Waals surface area contributed by atoms with Gasteiger partial charge >= 0.3 is 0 Å². The first kappa shape index (κ1) is 18.1. The van der Waals surface area contributed by atoms with E-state index in [0.717, 1.165) is 56.1 Å². The number of hydrogen-bond acceptors (Lipinski definition) is 4. The number of nitrogens with zero attached hydrogens (tertiary/aromatic N) is 5. The maximum atomic E-state index is 13.2. The molecule has 2 aromatic rings. The second-order valence-electron chi connectivity index (χ2n) is 7.49. The summed E-state index contributed by atoms with van der Waals surface area (Å²) in [5.74, 6) is 1.90. The summed E-state index contributed by atoms with van der Waals surface area (Å²) in [5, 5.41) is 8.98. The lowest BCUT2D eigenvalue weighted by molar-refractivity contribution is -0.128. The van der Waals surface area contributed by atoms with Crippen LogP contribution in [0.15, 0.2) is 24.3 Å². The molecular formula is C20H26FN5O. The van der Waals surface area contributed by atoms with Gasteiger partial charge in [-0.1, -0.05) is 18.6 Å². The van der Waals surface area contributed by atoms with Crippen molar-refractivity contribution in [2.45, 2.75) is 51.7 Å². The van der Waals surface area contributed by atoms with Crippen molar-refractivity contribution in [3.8, 4) is 0 Å². The monoisotopic (exact) mass is 371 g/mol. The van der Waals surface area contributed by atoms with Gasteiger partial charge in [0, 0.05) is 39.5 Å². The average Bonchev–Trinajstić information content (AvgIpc) is 2.94. The molecule has 1 amide bonds. The van der Waals surface area contributed by atoms with Crippen LogP contribution in [0, 0.1) is 5.82 Å². The minimum Gasteiger partial charge on any atom is -0.341 e. The Labute approximate surface area is 159 Å². The van der Waals surface area contributed by atoms with Gasteiger partial charge in [0.15, 0.2) is 0 Å². The van der Waals surface area contributed by atoms with Gasteiger partial charge in [-0.3, -0.25) is 9.69 Å². The zero-order valence-corrected chi connectivity index (χ0v) is 15.8. The number of carbonyl (C=O) groups is 1. The van der Waals surface area contributed by atoms with Crippen LogP contribution in [0.4, 0.5) is 4.39 Å². The molecule has 6 nitrogen and oxygen atoms in total. The lowest BCUT2D eigenvalue weighted by Gasteiger charge is -2.35. The quantitative estimate of drug-likeness (QED) is 0.832. The Bertz CT molecular complexity index is 803. The number of fused-ring (bicyclic) bond motifs is 1. The molecule has 1 fully saturated rings. The first-order valence-electron chi connectivity index (χ1n) is 9.78. The predicted octanol–water partition coefficient (Wildman–Crippen LogP) is 2.55. The van der Waals surface area contributed by atoms with Gasteiger partial charge in [-0.2, -0.15) is 0 Å². The molecule has 0 saturated carbocycles. The van der Waals surface area contributed by atoms with Gasteiger partial charge in [-0.15, -0.1) is 10.2 Å². The summed E-state index contributed by atoms with van der Waals surface area (Å²) in [6.45, 7) is 5.57.